The molecule has 10 heteroatoms. The highest BCUT2D eigenvalue weighted by atomic mass is 32.1. The molecule has 0 aliphatic heterocycles. The van der Waals surface area contributed by atoms with Crippen molar-refractivity contribution < 1.29 is 13.2 Å². The van der Waals surface area contributed by atoms with E-state index in [1.165, 1.54) is 22.8 Å². The first-order valence-electron chi connectivity index (χ1n) is 7.95. The van der Waals surface area contributed by atoms with E-state index < -0.39 is 11.9 Å². The fourth-order valence-corrected chi connectivity index (χ4v) is 3.33. The third-order valence-corrected chi connectivity index (χ3v) is 4.72. The lowest BCUT2D eigenvalue weighted by atomic mass is 10.2. The maximum atomic E-state index is 12.9. The van der Waals surface area contributed by atoms with Gasteiger partial charge >= 0.3 is 6.18 Å². The van der Waals surface area contributed by atoms with Crippen LogP contribution in [-0.2, 0) is 12.7 Å². The van der Waals surface area contributed by atoms with E-state index in [1.54, 1.807) is 0 Å². The van der Waals surface area contributed by atoms with Crippen LogP contribution in [0.25, 0.3) is 16.3 Å². The minimum Gasteiger partial charge on any atom is -0.347 e. The molecule has 0 aliphatic carbocycles. The fourth-order valence-electron chi connectivity index (χ4n) is 2.50. The van der Waals surface area contributed by atoms with E-state index in [2.05, 4.69) is 25.4 Å². The third-order valence-electron chi connectivity index (χ3n) is 3.78. The summed E-state index contributed by atoms with van der Waals surface area (Å²) in [7, 11) is 0. The SMILES string of the molecule is Cc1cc(C(F)(F)F)nc2nc(NCc3csc(-c4ccccc4)n3)nn12. The number of aryl methyl sites for hydroxylation is 1. The minimum atomic E-state index is -4.53. The highest BCUT2D eigenvalue weighted by Crippen LogP contribution is 2.28. The second-order valence-corrected chi connectivity index (χ2v) is 6.65. The number of benzene rings is 1. The van der Waals surface area contributed by atoms with Gasteiger partial charge in [0.05, 0.1) is 12.2 Å². The maximum Gasteiger partial charge on any atom is 0.433 e. The maximum absolute atomic E-state index is 12.9. The molecule has 27 heavy (non-hydrogen) atoms. The van der Waals surface area contributed by atoms with Gasteiger partial charge in [0.2, 0.25) is 5.95 Å². The molecule has 3 heterocycles. The van der Waals surface area contributed by atoms with Gasteiger partial charge < -0.3 is 5.32 Å². The lowest BCUT2D eigenvalue weighted by Crippen LogP contribution is -2.11. The smallest absolute Gasteiger partial charge is 0.347 e. The van der Waals surface area contributed by atoms with Gasteiger partial charge in [0, 0.05) is 16.6 Å². The number of fused-ring (bicyclic) bond motifs is 1. The Kier molecular flexibility index (Phi) is 4.27. The van der Waals surface area contributed by atoms with Gasteiger partial charge in [-0.2, -0.15) is 22.7 Å². The van der Waals surface area contributed by atoms with Crippen molar-refractivity contribution in [1.82, 2.24) is 24.6 Å². The first-order chi connectivity index (χ1) is 12.9. The van der Waals surface area contributed by atoms with Crippen LogP contribution in [0.4, 0.5) is 19.1 Å². The minimum absolute atomic E-state index is 0.104. The Labute approximate surface area is 155 Å². The molecule has 0 unspecified atom stereocenters. The number of hydrogen-bond donors (Lipinski definition) is 1. The summed E-state index contributed by atoms with van der Waals surface area (Å²) in [4.78, 5) is 12.1. The second-order valence-electron chi connectivity index (χ2n) is 5.79. The summed E-state index contributed by atoms with van der Waals surface area (Å²) in [6.07, 6.45) is -4.53. The van der Waals surface area contributed by atoms with Crippen LogP contribution in [0.1, 0.15) is 17.1 Å². The third kappa shape index (κ3) is 3.61. The monoisotopic (exact) mass is 390 g/mol. The molecule has 0 fully saturated rings. The summed E-state index contributed by atoms with van der Waals surface area (Å²) in [5.41, 5.74) is 1.13. The number of halogens is 3. The molecule has 0 amide bonds. The first-order valence-corrected chi connectivity index (χ1v) is 8.83. The molecule has 0 bridgehead atoms. The van der Waals surface area contributed by atoms with Crippen LogP contribution >= 0.6 is 11.3 Å². The van der Waals surface area contributed by atoms with E-state index >= 15 is 0 Å². The van der Waals surface area contributed by atoms with Gasteiger partial charge in [0.15, 0.2) is 0 Å². The van der Waals surface area contributed by atoms with Crippen molar-refractivity contribution in [1.29, 1.82) is 0 Å². The molecular formula is C17H13F3N6S. The molecule has 3 aromatic heterocycles. The summed E-state index contributed by atoms with van der Waals surface area (Å²) in [5.74, 6) is 0.0901. The Morgan fingerprint density at radius 2 is 1.89 bits per heavy atom. The number of nitrogens with one attached hydrogen (secondary N) is 1. The van der Waals surface area contributed by atoms with Gasteiger partial charge in [-0.25, -0.2) is 9.97 Å². The Morgan fingerprint density at radius 3 is 2.63 bits per heavy atom. The molecule has 6 nitrogen and oxygen atoms in total. The van der Waals surface area contributed by atoms with Crippen molar-refractivity contribution in [2.24, 2.45) is 0 Å². The molecule has 0 aliphatic rings. The Balaban J connectivity index is 1.53. The number of hydrogen-bond acceptors (Lipinski definition) is 6. The summed E-state index contributed by atoms with van der Waals surface area (Å²) in [5, 5.41) is 9.94. The lowest BCUT2D eigenvalue weighted by molar-refractivity contribution is -0.141. The summed E-state index contributed by atoms with van der Waals surface area (Å²) < 4.78 is 39.9. The number of rotatable bonds is 4. The number of thiazole rings is 1. The zero-order valence-electron chi connectivity index (χ0n) is 14.0. The van der Waals surface area contributed by atoms with Crippen molar-refractivity contribution in [2.45, 2.75) is 19.6 Å². The normalized spacial score (nSPS) is 11.9. The number of nitrogens with zero attached hydrogens (tertiary/aromatic N) is 5. The zero-order valence-corrected chi connectivity index (χ0v) is 14.8. The van der Waals surface area contributed by atoms with Gasteiger partial charge in [-0.3, -0.25) is 0 Å². The summed E-state index contributed by atoms with van der Waals surface area (Å²) in [6.45, 7) is 1.88. The van der Waals surface area contributed by atoms with E-state index in [0.717, 1.165) is 22.3 Å². The Bertz CT molecular complexity index is 1090. The lowest BCUT2D eigenvalue weighted by Gasteiger charge is -2.06. The van der Waals surface area contributed by atoms with Crippen LogP contribution in [0, 0.1) is 6.92 Å². The standard InChI is InChI=1S/C17H13F3N6S/c1-10-7-13(17(18,19)20)23-16-24-15(25-26(10)16)21-8-12-9-27-14(22-12)11-5-3-2-4-6-11/h2-7,9H,8H2,1H3,(H,21,25). The average Bonchev–Trinajstić information content (AvgIpc) is 3.27. The van der Waals surface area contributed by atoms with Crippen molar-refractivity contribution in [2.75, 3.05) is 5.32 Å². The largest absolute Gasteiger partial charge is 0.433 e. The second kappa shape index (κ2) is 6.62. The Morgan fingerprint density at radius 1 is 1.11 bits per heavy atom. The fraction of sp³-hybridized carbons (Fsp3) is 0.176. The van der Waals surface area contributed by atoms with Gasteiger partial charge in [0.25, 0.3) is 5.78 Å². The van der Waals surface area contributed by atoms with Crippen LogP contribution in [-0.4, -0.2) is 24.6 Å². The molecule has 0 spiro atoms. The van der Waals surface area contributed by atoms with Crippen molar-refractivity contribution in [3.8, 4) is 10.6 Å². The van der Waals surface area contributed by atoms with Crippen LogP contribution in [0.3, 0.4) is 0 Å². The van der Waals surface area contributed by atoms with Crippen molar-refractivity contribution in [3.05, 3.63) is 58.9 Å². The number of alkyl halides is 3. The van der Waals surface area contributed by atoms with Gasteiger partial charge in [-0.1, -0.05) is 30.3 Å². The molecule has 0 atom stereocenters. The highest BCUT2D eigenvalue weighted by Gasteiger charge is 2.33. The molecule has 0 saturated carbocycles. The highest BCUT2D eigenvalue weighted by molar-refractivity contribution is 7.13. The number of aromatic nitrogens is 5. The van der Waals surface area contributed by atoms with Gasteiger partial charge in [-0.05, 0) is 13.0 Å². The molecule has 4 rings (SSSR count). The van der Waals surface area contributed by atoms with Gasteiger partial charge in [-0.15, -0.1) is 16.4 Å². The Hall–Kier alpha value is -3.01. The molecule has 1 N–H and O–H groups in total. The topological polar surface area (TPSA) is 68.0 Å². The van der Waals surface area contributed by atoms with Gasteiger partial charge in [0.1, 0.15) is 10.7 Å². The van der Waals surface area contributed by atoms with E-state index in [1.807, 2.05) is 35.7 Å². The van der Waals surface area contributed by atoms with E-state index in [4.69, 9.17) is 0 Å². The van der Waals surface area contributed by atoms with E-state index in [-0.39, 0.29) is 11.7 Å². The predicted octanol–water partition coefficient (Wildman–Crippen LogP) is 4.19. The van der Waals surface area contributed by atoms with Crippen LogP contribution in [0.15, 0.2) is 41.8 Å². The number of anilines is 1. The van der Waals surface area contributed by atoms with E-state index in [9.17, 15) is 13.2 Å². The van der Waals surface area contributed by atoms with Crippen LogP contribution in [0.2, 0.25) is 0 Å². The summed E-state index contributed by atoms with van der Waals surface area (Å²) >= 11 is 1.52. The predicted molar refractivity (Wildman–Crippen MR) is 95.4 cm³/mol. The summed E-state index contributed by atoms with van der Waals surface area (Å²) in [6, 6.07) is 10.7. The first kappa shape index (κ1) is 17.4. The molecule has 4 aromatic rings. The molecule has 0 saturated heterocycles. The molecular weight excluding hydrogens is 377 g/mol. The van der Waals surface area contributed by atoms with E-state index in [0.29, 0.717) is 12.2 Å². The molecule has 1 aromatic carbocycles. The van der Waals surface area contributed by atoms with Crippen LogP contribution < -0.4 is 5.32 Å². The van der Waals surface area contributed by atoms with Crippen molar-refractivity contribution in [3.63, 3.8) is 0 Å². The molecule has 138 valence electrons. The quantitative estimate of drug-likeness (QED) is 0.566. The van der Waals surface area contributed by atoms with Crippen LogP contribution in [0.5, 0.6) is 0 Å². The average molecular weight is 390 g/mol. The molecule has 0 radical (unpaired) electrons. The zero-order chi connectivity index (χ0) is 19.0. The van der Waals surface area contributed by atoms with Crippen molar-refractivity contribution >= 4 is 23.1 Å².